The molecule has 0 saturated carbocycles. The van der Waals surface area contributed by atoms with Crippen molar-refractivity contribution in [2.45, 2.75) is 167 Å². The number of nitrogens with zero attached hydrogens (tertiary/aromatic N) is 1. The number of hydrogen-bond acceptors (Lipinski definition) is 31. The topological polar surface area (TPSA) is 512 Å². The zero-order valence-electron chi connectivity index (χ0n) is 36.2. The molecule has 0 spiro atoms. The minimum Gasteiger partial charge on any atom is -0.862 e. The van der Waals surface area contributed by atoms with Crippen LogP contribution in [-0.4, -0.2) is 278 Å². The predicted molar refractivity (Wildman–Crippen MR) is 195 cm³/mol. The summed E-state index contributed by atoms with van der Waals surface area (Å²) in [6.07, 6.45) is -49.6. The molecule has 25 atom stereocenters. The van der Waals surface area contributed by atoms with Crippen LogP contribution in [0.15, 0.2) is 4.99 Å². The minimum absolute atomic E-state index is 0. The second-order valence-corrected chi connectivity index (χ2v) is 17.7. The summed E-state index contributed by atoms with van der Waals surface area (Å²) in [4.78, 5) is 3.90. The van der Waals surface area contributed by atoms with Gasteiger partial charge in [-0.2, -0.15) is 8.42 Å². The van der Waals surface area contributed by atoms with E-state index in [-0.39, 0.29) is 59.1 Å². The summed E-state index contributed by atoms with van der Waals surface area (Å²) in [6, 6.07) is -2.08. The van der Waals surface area contributed by atoms with Gasteiger partial charge in [0.1, 0.15) is 116 Å². The maximum Gasteiger partial charge on any atom is 1.00 e. The first kappa shape index (κ1) is 62.6. The maximum absolute atomic E-state index is 12.8. The van der Waals surface area contributed by atoms with Crippen LogP contribution in [0.5, 0.6) is 0 Å². The summed E-state index contributed by atoms with van der Waals surface area (Å²) in [5.41, 5.74) is 0. The van der Waals surface area contributed by atoms with Crippen molar-refractivity contribution in [3.63, 3.8) is 0 Å². The van der Waals surface area contributed by atoms with Gasteiger partial charge in [0.05, 0.1) is 32.5 Å². The number of aliphatic hydroxyl groups is 13. The molecule has 5 aliphatic heterocycles. The molecule has 0 amide bonds. The van der Waals surface area contributed by atoms with Crippen LogP contribution in [0.25, 0.3) is 0 Å². The van der Waals surface area contributed by atoms with Crippen molar-refractivity contribution in [3.05, 3.63) is 0 Å². The predicted octanol–water partition coefficient (Wildman–Crippen LogP) is -17.8. The third-order valence-corrected chi connectivity index (χ3v) is 11.9. The molecular weight excluding hydrogens is 1000 g/mol. The van der Waals surface area contributed by atoms with Gasteiger partial charge in [-0.05, 0) is 19.7 Å². The number of ether oxygens (including phenoxy) is 9. The fourth-order valence-corrected chi connectivity index (χ4v) is 8.49. The van der Waals surface area contributed by atoms with Crippen LogP contribution in [0.3, 0.4) is 0 Å². The van der Waals surface area contributed by atoms with Crippen molar-refractivity contribution in [2.75, 3.05) is 26.4 Å². The number of hydrogen-bond donors (Lipinski definition) is 14. The quantitative estimate of drug-likeness (QED) is 0.0211. The van der Waals surface area contributed by atoms with Gasteiger partial charge in [0.2, 0.25) is 10.4 Å². The molecule has 0 radical (unpaired) electrons. The van der Waals surface area contributed by atoms with Gasteiger partial charge in [-0.15, -0.1) is 0 Å². The Kier molecular flexibility index (Phi) is 24.1. The molecule has 5 aliphatic rings. The van der Waals surface area contributed by atoms with E-state index in [9.17, 15) is 97.4 Å². The van der Waals surface area contributed by atoms with Gasteiger partial charge in [0.15, 0.2) is 31.5 Å². The van der Waals surface area contributed by atoms with Crippen molar-refractivity contribution >= 4 is 26.7 Å². The molecular formula is C32H53NNa2O31S2. The molecule has 0 aliphatic carbocycles. The molecule has 0 aromatic heterocycles. The summed E-state index contributed by atoms with van der Waals surface area (Å²) in [5.74, 6) is -1.10. The van der Waals surface area contributed by atoms with E-state index < -0.39 is 207 Å². The zero-order chi connectivity index (χ0) is 49.3. The molecule has 1 unspecified atom stereocenters. The van der Waals surface area contributed by atoms with E-state index in [1.807, 2.05) is 0 Å². The molecule has 5 saturated heterocycles. The SMILES string of the molecule is CC([O-])=N[C@H]1[C@H](O[C@H]2[C@@H](O)[C@@H](CO)O[C@@H](O[C@H]3[C@H](O)[C@@H](O)C(O)O[C@@H]3CO)[C@@H]2O)O[C@H](CO)[C@@H](O[C@@H]2O[C@H](COS(=O)(=O)[O-])[C@H](O)[C@H](OS(=O)(=O)O)[C@H]2O)[C@@H]1O[C@@H]1O[C@@H](C)[C@@H](O)[C@@H](O)[C@@H]1O.[Na+].[Na+]. The first-order valence-corrected chi connectivity index (χ1v) is 22.4. The van der Waals surface area contributed by atoms with Crippen molar-refractivity contribution < 1.29 is 208 Å². The van der Waals surface area contributed by atoms with Gasteiger partial charge in [-0.3, -0.25) is 13.7 Å². The van der Waals surface area contributed by atoms with Crippen molar-refractivity contribution in [1.29, 1.82) is 0 Å². The number of aliphatic hydroxyl groups excluding tert-OH is 13. The fourth-order valence-electron chi connectivity index (χ4n) is 7.68. The molecule has 5 fully saturated rings. The Morgan fingerprint density at radius 1 is 0.544 bits per heavy atom. The van der Waals surface area contributed by atoms with Crippen molar-refractivity contribution in [2.24, 2.45) is 4.99 Å². The standard InChI is InChI=1S/C32H55NO31S2.2Na/c1-7-14(38)17(41)20(44)30(55-7)62-25-13(33-8(2)37)29(63-26-15(39)9(3-34)57-31(21(26)45)60-23-10(4-35)56-28(47)19(43)18(23)42)58-11(5-36)24(25)61-32-22(46)27(64-66(51,52)53)16(40)12(59-32)6-54-65(48,49)50;;/h7,9-32,34-36,38-47H,3-6H2,1-2H3,(H,33,37)(H,48,49,50)(H,51,52,53);;/q;2*+1/p-2/t7-,9+,10+,11+,12+,13+,14+,15-,16-,17+,18+,19+,20-,21+,22+,23+,24+,25+,26-,27-,28?,29-,30-,31-,32-;;/m0../s1. The molecule has 5 heterocycles. The Hall–Kier alpha value is 0.330. The van der Waals surface area contributed by atoms with Crippen LogP contribution in [0.2, 0.25) is 0 Å². The largest absolute Gasteiger partial charge is 1.00 e. The van der Waals surface area contributed by atoms with Crippen LogP contribution in [0.1, 0.15) is 13.8 Å². The molecule has 68 heavy (non-hydrogen) atoms. The smallest absolute Gasteiger partial charge is 0.862 e. The minimum atomic E-state index is -5.59. The van der Waals surface area contributed by atoms with Gasteiger partial charge in [-0.1, -0.05) is 0 Å². The fraction of sp³-hybridized carbons (Fsp3) is 0.969. The van der Waals surface area contributed by atoms with Crippen molar-refractivity contribution in [3.8, 4) is 0 Å². The Labute approximate surface area is 430 Å². The Morgan fingerprint density at radius 2 is 1.01 bits per heavy atom. The van der Waals surface area contributed by atoms with E-state index in [0.717, 1.165) is 6.92 Å². The molecule has 14 N–H and O–H groups in total. The van der Waals surface area contributed by atoms with E-state index in [1.54, 1.807) is 0 Å². The molecule has 5 rings (SSSR count). The molecule has 0 aromatic carbocycles. The van der Waals surface area contributed by atoms with E-state index in [2.05, 4.69) is 13.4 Å². The normalized spacial score (nSPS) is 46.3. The molecule has 32 nitrogen and oxygen atoms in total. The average Bonchev–Trinajstić information content (AvgIpc) is 3.24. The third-order valence-electron chi connectivity index (χ3n) is 11.0. The summed E-state index contributed by atoms with van der Waals surface area (Å²) >= 11 is 0. The molecule has 0 aromatic rings. The third kappa shape index (κ3) is 15.0. The van der Waals surface area contributed by atoms with E-state index in [4.69, 9.17) is 42.6 Å². The van der Waals surface area contributed by atoms with Crippen molar-refractivity contribution in [1.82, 2.24) is 0 Å². The van der Waals surface area contributed by atoms with Crippen LogP contribution in [0.4, 0.5) is 0 Å². The summed E-state index contributed by atoms with van der Waals surface area (Å²) in [7, 11) is -11.1. The van der Waals surface area contributed by atoms with Crippen LogP contribution >= 0.6 is 0 Å². The molecule has 36 heteroatoms. The van der Waals surface area contributed by atoms with Gasteiger partial charge < -0.3 is 119 Å². The maximum atomic E-state index is 12.8. The van der Waals surface area contributed by atoms with Gasteiger partial charge in [-0.25, -0.2) is 12.6 Å². The summed E-state index contributed by atoms with van der Waals surface area (Å²) in [5, 5.41) is 151. The Balaban J connectivity index is 0.00000612. The van der Waals surface area contributed by atoms with Crippen LogP contribution < -0.4 is 64.2 Å². The first-order chi connectivity index (χ1) is 30.7. The number of rotatable bonds is 17. The summed E-state index contributed by atoms with van der Waals surface area (Å²) in [6.45, 7) is -2.56. The number of aliphatic imine (C=N–C) groups is 1. The first-order valence-electron chi connectivity index (χ1n) is 19.7. The van der Waals surface area contributed by atoms with Crippen LogP contribution in [-0.2, 0) is 71.8 Å². The summed E-state index contributed by atoms with van der Waals surface area (Å²) < 4.78 is 126. The monoisotopic (exact) mass is 1060 g/mol. The molecule has 0 bridgehead atoms. The molecule has 386 valence electrons. The van der Waals surface area contributed by atoms with Gasteiger partial charge in [0.25, 0.3) is 0 Å². The van der Waals surface area contributed by atoms with E-state index in [1.165, 1.54) is 6.92 Å². The van der Waals surface area contributed by atoms with E-state index in [0.29, 0.717) is 0 Å². The van der Waals surface area contributed by atoms with Crippen LogP contribution in [0, 0.1) is 0 Å². The average molecular weight is 1060 g/mol. The van der Waals surface area contributed by atoms with Gasteiger partial charge in [0, 0.05) is 0 Å². The second kappa shape index (κ2) is 26.2. The van der Waals surface area contributed by atoms with E-state index >= 15 is 0 Å². The Bertz CT molecular complexity index is 1820. The zero-order valence-corrected chi connectivity index (χ0v) is 41.9. The second-order valence-electron chi connectivity index (χ2n) is 15.6. The van der Waals surface area contributed by atoms with Gasteiger partial charge >= 0.3 is 69.5 Å². The Morgan fingerprint density at radius 3 is 1.56 bits per heavy atom.